The van der Waals surface area contributed by atoms with Gasteiger partial charge in [0.05, 0.1) is 12.5 Å². The first-order valence-corrected chi connectivity index (χ1v) is 6.75. The van der Waals surface area contributed by atoms with Crippen LogP contribution in [0.15, 0.2) is 0 Å². The normalized spacial score (nSPS) is 12.0. The molecule has 2 amide bonds. The molecule has 0 bridgehead atoms. The van der Waals surface area contributed by atoms with Gasteiger partial charge in [-0.2, -0.15) is 0 Å². The van der Waals surface area contributed by atoms with Crippen LogP contribution >= 0.6 is 0 Å². The van der Waals surface area contributed by atoms with Crippen LogP contribution in [0.5, 0.6) is 0 Å². The van der Waals surface area contributed by atoms with E-state index in [4.69, 9.17) is 5.11 Å². The van der Waals surface area contributed by atoms with Gasteiger partial charge < -0.3 is 15.7 Å². The summed E-state index contributed by atoms with van der Waals surface area (Å²) in [6.07, 6.45) is 2.22. The zero-order chi connectivity index (χ0) is 15.5. The average molecular weight is 292 g/mol. The number of hydrogen-bond donors (Lipinski definition) is 3. The van der Waals surface area contributed by atoms with E-state index in [1.165, 1.54) is 6.92 Å². The summed E-state index contributed by atoms with van der Waals surface area (Å²) in [4.78, 5) is 34.8. The molecule has 0 fully saturated rings. The number of aliphatic carboxylic acids is 1. The van der Waals surface area contributed by atoms with E-state index in [1.807, 2.05) is 19.0 Å². The minimum atomic E-state index is -0.929. The first kappa shape index (κ1) is 18.4. The number of carboxylic acids is 1. The molecule has 0 aromatic heterocycles. The fourth-order valence-corrected chi connectivity index (χ4v) is 1.76. The third-order valence-corrected chi connectivity index (χ3v) is 2.84. The summed E-state index contributed by atoms with van der Waals surface area (Å²) in [7, 11) is 3.63. The molecule has 0 aromatic carbocycles. The van der Waals surface area contributed by atoms with Crippen molar-refractivity contribution in [3.05, 3.63) is 0 Å². The van der Waals surface area contributed by atoms with Gasteiger partial charge in [-0.25, -0.2) is 0 Å². The standard InChI is InChI=1S/C13H25N3O4/c1-10(17)14-8-5-4-6-11(16(2)3)13(20)15-9-7-12(18)19/h11H,4-9H2,1-3H3,(H,14,17)(H,15,20)(H,18,19)/i5+1,8+1,9+1,13+1,14+1. The fraction of sp³-hybridized carbons (Fsp3) is 0.769. The SMILES string of the molecule is CC(=O)[15NH][13CH2][13CH2]CCC([13C](=O)N[13CH2]CC(=O)O)N(C)C. The molecule has 116 valence electrons. The number of hydrogen-bond acceptors (Lipinski definition) is 4. The first-order chi connectivity index (χ1) is 9.34. The van der Waals surface area contributed by atoms with Gasteiger partial charge in [-0.15, -0.1) is 0 Å². The van der Waals surface area contributed by atoms with E-state index in [1.54, 1.807) is 0 Å². The van der Waals surface area contributed by atoms with Gasteiger partial charge in [-0.1, -0.05) is 0 Å². The quantitative estimate of drug-likeness (QED) is 0.294. The number of carbonyl (C=O) groups is 3. The Morgan fingerprint density at radius 3 is 2.25 bits per heavy atom. The Morgan fingerprint density at radius 1 is 1.10 bits per heavy atom. The Balaban J connectivity index is 3.99. The van der Waals surface area contributed by atoms with Crippen molar-refractivity contribution < 1.29 is 19.5 Å². The van der Waals surface area contributed by atoms with Gasteiger partial charge in [0.2, 0.25) is 11.8 Å². The van der Waals surface area contributed by atoms with E-state index >= 15 is 0 Å². The smallest absolute Gasteiger partial charge is 0.305 e. The second-order valence-electron chi connectivity index (χ2n) is 4.89. The molecule has 0 radical (unpaired) electrons. The van der Waals surface area contributed by atoms with Crippen molar-refractivity contribution >= 4 is 17.8 Å². The second kappa shape index (κ2) is 10.2. The molecule has 7 nitrogen and oxygen atoms in total. The van der Waals surface area contributed by atoms with Crippen molar-refractivity contribution in [1.29, 1.82) is 0 Å². The van der Waals surface area contributed by atoms with E-state index in [-0.39, 0.29) is 30.8 Å². The predicted molar refractivity (Wildman–Crippen MR) is 75.3 cm³/mol. The molecule has 0 saturated carbocycles. The molecule has 0 spiro atoms. The molecule has 0 saturated heterocycles. The largest absolute Gasteiger partial charge is 0.481 e. The summed E-state index contributed by atoms with van der Waals surface area (Å²) in [5.41, 5.74) is 0. The number of likely N-dealkylation sites (N-methyl/N-ethyl adjacent to an activating group) is 1. The molecule has 0 rings (SSSR count). The van der Waals surface area contributed by atoms with Crippen LogP contribution in [0.2, 0.25) is 0 Å². The fourth-order valence-electron chi connectivity index (χ4n) is 1.76. The van der Waals surface area contributed by atoms with E-state index in [9.17, 15) is 14.4 Å². The topological polar surface area (TPSA) is 98.7 Å². The maximum Gasteiger partial charge on any atom is 0.305 e. The van der Waals surface area contributed by atoms with Gasteiger partial charge in [0.25, 0.3) is 0 Å². The van der Waals surface area contributed by atoms with Gasteiger partial charge >= 0.3 is 5.97 Å². The monoisotopic (exact) mass is 292 g/mol. The highest BCUT2D eigenvalue weighted by Crippen LogP contribution is 2.06. The lowest BCUT2D eigenvalue weighted by Gasteiger charge is -2.23. The zero-order valence-corrected chi connectivity index (χ0v) is 12.4. The number of nitrogens with zero attached hydrogens (tertiary/aromatic N) is 1. The van der Waals surface area contributed by atoms with Crippen molar-refractivity contribution in [1.82, 2.24) is 15.5 Å². The van der Waals surface area contributed by atoms with Crippen molar-refractivity contribution in [3.63, 3.8) is 0 Å². The summed E-state index contributed by atoms with van der Waals surface area (Å²) in [5, 5.41) is 13.9. The molecular weight excluding hydrogens is 267 g/mol. The number of unbranched alkanes of at least 4 members (excludes halogenated alkanes) is 1. The highest BCUT2D eigenvalue weighted by atomic mass is 16.4. The Kier molecular flexibility index (Phi) is 9.36. The molecule has 0 aliphatic rings. The van der Waals surface area contributed by atoms with Crippen LogP contribution in [0.25, 0.3) is 0 Å². The number of carboxylic acid groups (broad SMARTS) is 1. The van der Waals surface area contributed by atoms with Crippen LogP contribution in [0, 0.1) is 0 Å². The van der Waals surface area contributed by atoms with Crippen LogP contribution in [0.3, 0.4) is 0 Å². The molecular formula is C13H25N3O4. The molecule has 20 heavy (non-hydrogen) atoms. The maximum atomic E-state index is 11.9. The lowest BCUT2D eigenvalue weighted by atomic mass is 10.2. The van der Waals surface area contributed by atoms with Crippen molar-refractivity contribution in [2.75, 3.05) is 27.2 Å². The average Bonchev–Trinajstić information content (AvgIpc) is 2.32. The molecule has 1 atom stereocenters. The summed E-state index contributed by atoms with van der Waals surface area (Å²) in [6.45, 7) is 2.22. The highest BCUT2D eigenvalue weighted by Gasteiger charge is 2.19. The van der Waals surface area contributed by atoms with Gasteiger partial charge in [-0.3, -0.25) is 19.3 Å². The van der Waals surface area contributed by atoms with Gasteiger partial charge in [0, 0.05) is 20.0 Å². The number of amides is 2. The first-order valence-electron chi connectivity index (χ1n) is 6.75. The van der Waals surface area contributed by atoms with Gasteiger partial charge in [0.15, 0.2) is 0 Å². The second-order valence-corrected chi connectivity index (χ2v) is 4.89. The Bertz CT molecular complexity index is 332. The van der Waals surface area contributed by atoms with Crippen LogP contribution in [-0.4, -0.2) is 61.0 Å². The van der Waals surface area contributed by atoms with Gasteiger partial charge in [0.1, 0.15) is 0 Å². The molecule has 1 unspecified atom stereocenters. The number of nitrogens with one attached hydrogen (secondary N) is 2. The Hall–Kier alpha value is -1.63. The number of rotatable bonds is 10. The molecule has 7 heteroatoms. The van der Waals surface area contributed by atoms with Gasteiger partial charge in [-0.05, 0) is 33.4 Å². The zero-order valence-electron chi connectivity index (χ0n) is 12.4. The molecule has 0 heterocycles. The van der Waals surface area contributed by atoms with Crippen LogP contribution in [-0.2, 0) is 14.4 Å². The van der Waals surface area contributed by atoms with E-state index in [0.717, 1.165) is 12.8 Å². The van der Waals surface area contributed by atoms with Crippen LogP contribution < -0.4 is 10.6 Å². The van der Waals surface area contributed by atoms with Crippen molar-refractivity contribution in [3.8, 4) is 0 Å². The van der Waals surface area contributed by atoms with Crippen molar-refractivity contribution in [2.45, 2.75) is 38.6 Å². The molecule has 3 N–H and O–H groups in total. The molecule has 0 aliphatic heterocycles. The minimum absolute atomic E-state index is 0.0550. The highest BCUT2D eigenvalue weighted by molar-refractivity contribution is 5.82. The number of carbonyl (C=O) groups excluding carboxylic acids is 2. The lowest BCUT2D eigenvalue weighted by molar-refractivity contribution is -0.137. The third-order valence-electron chi connectivity index (χ3n) is 2.84. The summed E-state index contributed by atoms with van der Waals surface area (Å²) in [5.74, 6) is -1.14. The van der Waals surface area contributed by atoms with Crippen LogP contribution in [0.4, 0.5) is 0 Å². The summed E-state index contributed by atoms with van der Waals surface area (Å²) in [6, 6.07) is -0.277. The Morgan fingerprint density at radius 2 is 1.75 bits per heavy atom. The summed E-state index contributed by atoms with van der Waals surface area (Å²) < 4.78 is 0. The molecule has 0 aromatic rings. The Labute approximate surface area is 119 Å². The summed E-state index contributed by atoms with van der Waals surface area (Å²) >= 11 is 0. The third kappa shape index (κ3) is 9.32. The van der Waals surface area contributed by atoms with E-state index in [2.05, 4.69) is 10.6 Å². The van der Waals surface area contributed by atoms with Crippen molar-refractivity contribution in [2.24, 2.45) is 0 Å². The maximum absolute atomic E-state index is 11.9. The predicted octanol–water partition coefficient (Wildman–Crippen LogP) is -0.186. The van der Waals surface area contributed by atoms with E-state index in [0.29, 0.717) is 13.0 Å². The van der Waals surface area contributed by atoms with Crippen LogP contribution in [0.1, 0.15) is 32.6 Å². The lowest BCUT2D eigenvalue weighted by Crippen LogP contribution is -2.44. The minimum Gasteiger partial charge on any atom is -0.481 e. The molecule has 0 aliphatic carbocycles. The van der Waals surface area contributed by atoms with E-state index < -0.39 is 5.97 Å².